The number of aromatic nitrogens is 1. The summed E-state index contributed by atoms with van der Waals surface area (Å²) in [6, 6.07) is 21.7. The Labute approximate surface area is 431 Å². The van der Waals surface area contributed by atoms with Crippen molar-refractivity contribution in [3.05, 3.63) is 107 Å². The van der Waals surface area contributed by atoms with Crippen LogP contribution in [0.4, 0.5) is 5.69 Å². The van der Waals surface area contributed by atoms with Gasteiger partial charge in [-0.25, -0.2) is 4.79 Å². The van der Waals surface area contributed by atoms with Crippen molar-refractivity contribution < 1.29 is 48.0 Å². The van der Waals surface area contributed by atoms with E-state index in [1.54, 1.807) is 7.11 Å². The smallest absolute Gasteiger partial charge is 0.342 e. The van der Waals surface area contributed by atoms with E-state index >= 15 is 9.59 Å². The fourth-order valence-corrected chi connectivity index (χ4v) is 17.6. The number of likely N-dealkylation sites (N-methyl/N-ethyl adjacent to an activating group) is 1. The summed E-state index contributed by atoms with van der Waals surface area (Å²) in [5.74, 6) is -1.03. The van der Waals surface area contributed by atoms with E-state index in [2.05, 4.69) is 70.1 Å². The normalized spacial score (nSPS) is 32.4. The number of para-hydroxylation sites is 1. The molecule has 10 rings (SSSR count). The van der Waals surface area contributed by atoms with Crippen LogP contribution in [0.25, 0.3) is 10.9 Å². The van der Waals surface area contributed by atoms with Gasteiger partial charge in [-0.15, -0.1) is 0 Å². The molecule has 6 aliphatic rings. The van der Waals surface area contributed by atoms with Crippen molar-refractivity contribution in [2.45, 2.75) is 138 Å². The molecule has 2 bridgehead atoms. The van der Waals surface area contributed by atoms with Crippen LogP contribution in [0, 0.1) is 11.3 Å². The molecule has 0 radical (unpaired) electrons. The van der Waals surface area contributed by atoms with Crippen LogP contribution in [-0.4, -0.2) is 142 Å². The van der Waals surface area contributed by atoms with E-state index in [1.165, 1.54) is 14.2 Å². The highest BCUT2D eigenvalue weighted by Crippen LogP contribution is 2.68. The monoisotopic (exact) mass is 1020 g/mol. The third-order valence-electron chi connectivity index (χ3n) is 18.4. The van der Waals surface area contributed by atoms with Gasteiger partial charge in [-0.05, 0) is 105 Å². The largest absolute Gasteiger partial charge is 0.496 e. The molecule has 2 saturated heterocycles. The number of hydrogen-bond acceptors (Lipinski definition) is 13. The summed E-state index contributed by atoms with van der Waals surface area (Å²) in [6.07, 6.45) is 8.28. The Kier molecular flexibility index (Phi) is 13.6. The zero-order valence-corrected chi connectivity index (χ0v) is 45.1. The Balaban J connectivity index is 1.10. The summed E-state index contributed by atoms with van der Waals surface area (Å²) in [4.78, 5) is 54.2. The molecule has 1 saturated carbocycles. The van der Waals surface area contributed by atoms with Crippen LogP contribution < -0.4 is 9.64 Å². The van der Waals surface area contributed by atoms with Crippen molar-refractivity contribution in [3.63, 3.8) is 0 Å². The molecule has 5 aliphatic heterocycles. The third-order valence-corrected chi connectivity index (χ3v) is 20.8. The standard InChI is InChI=1S/C58H76N4O10Si/c1-9-54(66)33-39-34-57(52(64)69-5,48-41(24-28-61(35-39)37-54)40-21-14-15-22-44(40)59-48)43-31-42-45(32-46(43)68-4)60(3)50-56(42)26-29-62-27-18-25-55(10-2,49(56)62)51(58(50,67)53(65)70-6)72-73(7,8)30-17-16-23-47(63)71-36-38-19-12-11-13-20-38/h11-15,18-22,25,31-32,39,49-51,59,66-67H,9-10,16-17,23-24,26-30,33-37H2,1-8H3/t39?,49-,50?,51+,54-,55+,56+,57-,58-/m0/s1. The molecule has 14 nitrogen and oxygen atoms in total. The number of unbranched alkanes of at least 4 members (excludes halogenated alkanes) is 1. The first-order valence-electron chi connectivity index (χ1n) is 26.7. The summed E-state index contributed by atoms with van der Waals surface area (Å²) < 4.78 is 31.4. The Morgan fingerprint density at radius 1 is 0.877 bits per heavy atom. The molecular weight excluding hydrogens is 941 g/mol. The summed E-state index contributed by atoms with van der Waals surface area (Å²) in [6.45, 7) is 12.1. The van der Waals surface area contributed by atoms with Gasteiger partial charge in [0.15, 0.2) is 8.32 Å². The molecule has 6 heterocycles. The first kappa shape index (κ1) is 51.5. The number of aliphatic hydroxyl groups is 2. The van der Waals surface area contributed by atoms with Gasteiger partial charge in [-0.2, -0.15) is 0 Å². The number of methoxy groups -OCH3 is 3. The van der Waals surface area contributed by atoms with E-state index in [0.29, 0.717) is 101 Å². The minimum Gasteiger partial charge on any atom is -0.496 e. The number of aromatic amines is 1. The number of fused-ring (bicyclic) bond motifs is 6. The van der Waals surface area contributed by atoms with Crippen molar-refractivity contribution >= 4 is 42.8 Å². The number of rotatable bonds is 15. The minimum absolute atomic E-state index is 0.0992. The number of carbonyl (C=O) groups is 3. The molecule has 4 aromatic rings. The maximum Gasteiger partial charge on any atom is 0.342 e. The second-order valence-electron chi connectivity index (χ2n) is 22.8. The maximum atomic E-state index is 15.6. The fraction of sp³-hybridized carbons (Fsp3) is 0.569. The van der Waals surface area contributed by atoms with E-state index in [9.17, 15) is 15.0 Å². The number of nitrogens with zero attached hydrogens (tertiary/aromatic N) is 3. The Hall–Kier alpha value is -5.03. The van der Waals surface area contributed by atoms with Gasteiger partial charge < -0.3 is 43.5 Å². The highest BCUT2D eigenvalue weighted by atomic mass is 28.4. The number of H-pyrrole nitrogens is 1. The highest BCUT2D eigenvalue weighted by Gasteiger charge is 2.80. The second-order valence-corrected chi connectivity index (χ2v) is 27.1. The van der Waals surface area contributed by atoms with Gasteiger partial charge in [0, 0.05) is 90.4 Å². The lowest BCUT2D eigenvalue weighted by Crippen LogP contribution is -2.82. The lowest BCUT2D eigenvalue weighted by Gasteiger charge is -2.65. The average molecular weight is 1020 g/mol. The molecule has 0 amide bonds. The van der Waals surface area contributed by atoms with Crippen LogP contribution >= 0.6 is 0 Å². The lowest BCUT2D eigenvalue weighted by molar-refractivity contribution is -0.214. The van der Waals surface area contributed by atoms with Gasteiger partial charge in [0.25, 0.3) is 0 Å². The summed E-state index contributed by atoms with van der Waals surface area (Å²) in [7, 11) is 3.65. The number of ether oxygens (including phenoxy) is 4. The molecule has 1 aliphatic carbocycles. The SMILES string of the molecule is CC[C@]1(O)CC2CN(CCc3c([nH]c4ccccc34)[C@@](C(=O)OC)(c3cc4c(cc3OC)N(C)C3[C@]45CCN4CC=C[C@@](CC)([C@@H](O[Si](C)(C)CCCCC(=O)OCc6ccccc6)[C@]3(O)C(=O)OC)[C@H]45)C2)C1. The van der Waals surface area contributed by atoms with Crippen LogP contribution in [-0.2, 0) is 56.9 Å². The Morgan fingerprint density at radius 2 is 1.63 bits per heavy atom. The predicted molar refractivity (Wildman–Crippen MR) is 282 cm³/mol. The average Bonchev–Trinajstić information content (AvgIpc) is 4.06. The van der Waals surface area contributed by atoms with Crippen molar-refractivity contribution in [2.24, 2.45) is 11.3 Å². The van der Waals surface area contributed by atoms with E-state index in [4.69, 9.17) is 23.4 Å². The molecule has 1 aromatic heterocycles. The van der Waals surface area contributed by atoms with Crippen LogP contribution in [0.2, 0.25) is 19.1 Å². The number of anilines is 1. The summed E-state index contributed by atoms with van der Waals surface area (Å²) >= 11 is 0. The molecule has 3 unspecified atom stereocenters. The molecule has 10 atom stereocenters. The number of benzene rings is 3. The summed E-state index contributed by atoms with van der Waals surface area (Å²) in [5, 5.41) is 27.2. The highest BCUT2D eigenvalue weighted by molar-refractivity contribution is 6.71. The van der Waals surface area contributed by atoms with Gasteiger partial charge in [-0.1, -0.05) is 81.0 Å². The van der Waals surface area contributed by atoms with Gasteiger partial charge in [-0.3, -0.25) is 19.4 Å². The molecule has 392 valence electrons. The van der Waals surface area contributed by atoms with Crippen molar-refractivity contribution in [1.29, 1.82) is 0 Å². The number of carbonyl (C=O) groups excluding carboxylic acids is 3. The molecule has 15 heteroatoms. The first-order valence-corrected chi connectivity index (χ1v) is 29.8. The minimum atomic E-state index is -2.74. The van der Waals surface area contributed by atoms with Gasteiger partial charge in [0.1, 0.15) is 17.8 Å². The first-order chi connectivity index (χ1) is 35.0. The van der Waals surface area contributed by atoms with Crippen LogP contribution in [0.5, 0.6) is 5.75 Å². The predicted octanol–water partition coefficient (Wildman–Crippen LogP) is 7.56. The fourth-order valence-electron chi connectivity index (χ4n) is 15.3. The molecule has 73 heavy (non-hydrogen) atoms. The van der Waals surface area contributed by atoms with Crippen LogP contribution in [0.1, 0.15) is 93.2 Å². The molecule has 1 spiro atoms. The zero-order chi connectivity index (χ0) is 51.7. The third kappa shape index (κ3) is 8.09. The van der Waals surface area contributed by atoms with Gasteiger partial charge in [0.05, 0.1) is 39.1 Å². The van der Waals surface area contributed by atoms with E-state index in [1.807, 2.05) is 62.5 Å². The number of piperidine rings is 1. The molecule has 3 fully saturated rings. The lowest BCUT2D eigenvalue weighted by atomic mass is 9.47. The van der Waals surface area contributed by atoms with Gasteiger partial charge in [0.2, 0.25) is 5.60 Å². The Morgan fingerprint density at radius 3 is 2.36 bits per heavy atom. The topological polar surface area (TPSA) is 163 Å². The zero-order valence-electron chi connectivity index (χ0n) is 44.1. The quantitative estimate of drug-likeness (QED) is 0.0352. The van der Waals surface area contributed by atoms with E-state index in [0.717, 1.165) is 39.0 Å². The van der Waals surface area contributed by atoms with Crippen LogP contribution in [0.15, 0.2) is 78.9 Å². The van der Waals surface area contributed by atoms with E-state index < -0.39 is 59.8 Å². The summed E-state index contributed by atoms with van der Waals surface area (Å²) in [5.41, 5.74) is -0.211. The van der Waals surface area contributed by atoms with Crippen molar-refractivity contribution in [1.82, 2.24) is 14.8 Å². The van der Waals surface area contributed by atoms with E-state index in [-0.39, 0.29) is 31.0 Å². The molecule has 3 N–H and O–H groups in total. The molecule has 3 aromatic carbocycles. The van der Waals surface area contributed by atoms with Crippen LogP contribution in [0.3, 0.4) is 0 Å². The number of hydrogen-bond donors (Lipinski definition) is 3. The van der Waals surface area contributed by atoms with Gasteiger partial charge >= 0.3 is 17.9 Å². The number of esters is 3. The van der Waals surface area contributed by atoms with Crippen molar-refractivity contribution in [3.8, 4) is 5.75 Å². The second kappa shape index (κ2) is 19.3. The number of nitrogens with one attached hydrogen (secondary N) is 1. The maximum absolute atomic E-state index is 15.6. The molecular formula is C58H76N4O10Si. The van der Waals surface area contributed by atoms with Crippen molar-refractivity contribution in [2.75, 3.05) is 66.0 Å². The Bertz CT molecular complexity index is 2780.